The van der Waals surface area contributed by atoms with E-state index < -0.39 is 0 Å². The molecule has 1 aliphatic carbocycles. The first-order valence-electron chi connectivity index (χ1n) is 10.8. The summed E-state index contributed by atoms with van der Waals surface area (Å²) in [5, 5.41) is 3.24. The molecule has 2 aromatic carbocycles. The number of hydrogen-bond donors (Lipinski definition) is 1. The van der Waals surface area contributed by atoms with Crippen LogP contribution in [0.4, 0.5) is 0 Å². The first-order valence-corrected chi connectivity index (χ1v) is 10.8. The number of fused-ring (bicyclic) bond motifs is 2. The van der Waals surface area contributed by atoms with Crippen LogP contribution in [0.2, 0.25) is 0 Å². The normalized spacial score (nSPS) is 18.3. The molecule has 2 aliphatic rings. The van der Waals surface area contributed by atoms with Crippen molar-refractivity contribution in [2.45, 2.75) is 44.1 Å². The Morgan fingerprint density at radius 2 is 1.90 bits per heavy atom. The summed E-state index contributed by atoms with van der Waals surface area (Å²) in [5.41, 5.74) is 3.05. The van der Waals surface area contributed by atoms with Gasteiger partial charge < -0.3 is 19.4 Å². The summed E-state index contributed by atoms with van der Waals surface area (Å²) in [5.74, 6) is 1.64. The summed E-state index contributed by atoms with van der Waals surface area (Å²) in [4.78, 5) is 17.5. The third kappa shape index (κ3) is 3.30. The average Bonchev–Trinajstić information content (AvgIpc) is 3.45. The predicted molar refractivity (Wildman–Crippen MR) is 115 cm³/mol. The van der Waals surface area contributed by atoms with Crippen LogP contribution in [0.5, 0.6) is 11.5 Å². The number of carbonyl (C=O) groups is 1. The Kier molecular flexibility index (Phi) is 4.85. The van der Waals surface area contributed by atoms with E-state index in [4.69, 9.17) is 9.47 Å². The second kappa shape index (κ2) is 7.67. The van der Waals surface area contributed by atoms with Crippen molar-refractivity contribution in [3.63, 3.8) is 0 Å². The number of ether oxygens (including phenoxy) is 2. The van der Waals surface area contributed by atoms with Crippen LogP contribution in [0.25, 0.3) is 11.0 Å². The minimum atomic E-state index is -0.323. The average molecular weight is 405 g/mol. The second-order valence-corrected chi connectivity index (χ2v) is 8.38. The first-order chi connectivity index (χ1) is 14.7. The van der Waals surface area contributed by atoms with Crippen molar-refractivity contribution >= 4 is 16.9 Å². The highest BCUT2D eigenvalue weighted by molar-refractivity contribution is 5.83. The third-order valence-electron chi connectivity index (χ3n) is 6.59. The summed E-state index contributed by atoms with van der Waals surface area (Å²) < 4.78 is 13.4. The Labute approximate surface area is 176 Å². The number of para-hydroxylation sites is 2. The smallest absolute Gasteiger partial charge is 0.242 e. The van der Waals surface area contributed by atoms with Crippen LogP contribution in [0.3, 0.4) is 0 Å². The zero-order chi connectivity index (χ0) is 20.6. The van der Waals surface area contributed by atoms with Crippen molar-refractivity contribution in [1.29, 1.82) is 0 Å². The lowest BCUT2D eigenvalue weighted by Crippen LogP contribution is -2.41. The lowest BCUT2D eigenvalue weighted by atomic mass is 9.78. The fourth-order valence-corrected chi connectivity index (χ4v) is 4.81. The fraction of sp³-hybridized carbons (Fsp3) is 0.417. The molecule has 3 aromatic rings. The number of imidazole rings is 1. The molecular weight excluding hydrogens is 378 g/mol. The number of nitrogens with zero attached hydrogens (tertiary/aromatic N) is 2. The summed E-state index contributed by atoms with van der Waals surface area (Å²) in [6.07, 6.45) is 6.23. The van der Waals surface area contributed by atoms with E-state index >= 15 is 0 Å². The largest absolute Gasteiger partial charge is 0.486 e. The van der Waals surface area contributed by atoms with Gasteiger partial charge in [0.15, 0.2) is 11.5 Å². The number of hydrogen-bond acceptors (Lipinski definition) is 4. The van der Waals surface area contributed by atoms with E-state index in [1.807, 2.05) is 41.8 Å². The Bertz CT molecular complexity index is 1070. The molecule has 0 saturated heterocycles. The number of rotatable bonds is 5. The van der Waals surface area contributed by atoms with Gasteiger partial charge in [0.25, 0.3) is 0 Å². The molecule has 1 atom stereocenters. The van der Waals surface area contributed by atoms with E-state index in [-0.39, 0.29) is 17.4 Å². The molecule has 2 heterocycles. The fourth-order valence-electron chi connectivity index (χ4n) is 4.81. The van der Waals surface area contributed by atoms with Crippen LogP contribution >= 0.6 is 0 Å². The molecule has 1 amide bonds. The highest BCUT2D eigenvalue weighted by Gasteiger charge is 2.37. The lowest BCUT2D eigenvalue weighted by Gasteiger charge is -2.32. The van der Waals surface area contributed by atoms with Gasteiger partial charge in [-0.2, -0.15) is 0 Å². The molecule has 1 unspecified atom stereocenters. The molecule has 1 N–H and O–H groups in total. The molecule has 1 aliphatic heterocycles. The first kappa shape index (κ1) is 19.0. The number of carbonyl (C=O) groups excluding carboxylic acids is 1. The van der Waals surface area contributed by atoms with Crippen LogP contribution < -0.4 is 14.8 Å². The second-order valence-electron chi connectivity index (χ2n) is 8.38. The zero-order valence-corrected chi connectivity index (χ0v) is 17.3. The number of benzene rings is 2. The molecule has 1 aromatic heterocycles. The molecule has 6 heteroatoms. The van der Waals surface area contributed by atoms with E-state index in [1.54, 1.807) is 6.33 Å². The van der Waals surface area contributed by atoms with Gasteiger partial charge >= 0.3 is 0 Å². The van der Waals surface area contributed by atoms with Crippen molar-refractivity contribution in [2.24, 2.45) is 0 Å². The lowest BCUT2D eigenvalue weighted by molar-refractivity contribution is -0.124. The molecule has 5 rings (SSSR count). The Morgan fingerprint density at radius 1 is 1.13 bits per heavy atom. The quantitative estimate of drug-likeness (QED) is 0.697. The van der Waals surface area contributed by atoms with E-state index in [0.717, 1.165) is 35.4 Å². The summed E-state index contributed by atoms with van der Waals surface area (Å²) in [6.45, 7) is 3.72. The van der Waals surface area contributed by atoms with Gasteiger partial charge in [0, 0.05) is 12.0 Å². The number of amides is 1. The monoisotopic (exact) mass is 405 g/mol. The van der Waals surface area contributed by atoms with Crippen molar-refractivity contribution in [3.05, 3.63) is 54.4 Å². The maximum absolute atomic E-state index is 13.0. The van der Waals surface area contributed by atoms with Crippen LogP contribution in [-0.4, -0.2) is 35.2 Å². The molecule has 1 fully saturated rings. The van der Waals surface area contributed by atoms with Gasteiger partial charge in [-0.1, -0.05) is 31.0 Å². The van der Waals surface area contributed by atoms with Crippen LogP contribution in [0.15, 0.2) is 48.8 Å². The van der Waals surface area contributed by atoms with Crippen molar-refractivity contribution in [3.8, 4) is 11.5 Å². The van der Waals surface area contributed by atoms with Gasteiger partial charge in [-0.05, 0) is 49.6 Å². The van der Waals surface area contributed by atoms with Gasteiger partial charge in [0.1, 0.15) is 19.3 Å². The molecule has 0 spiro atoms. The number of nitrogens with one attached hydrogen (secondary N) is 1. The zero-order valence-electron chi connectivity index (χ0n) is 17.3. The van der Waals surface area contributed by atoms with Crippen LogP contribution in [0.1, 0.15) is 44.2 Å². The highest BCUT2D eigenvalue weighted by atomic mass is 16.6. The Balaban J connectivity index is 1.35. The summed E-state index contributed by atoms with van der Waals surface area (Å²) in [7, 11) is 0. The van der Waals surface area contributed by atoms with Crippen molar-refractivity contribution < 1.29 is 14.3 Å². The predicted octanol–water partition coefficient (Wildman–Crippen LogP) is 4.00. The van der Waals surface area contributed by atoms with Gasteiger partial charge in [0.2, 0.25) is 5.91 Å². The molecule has 30 heavy (non-hydrogen) atoms. The van der Waals surface area contributed by atoms with Crippen molar-refractivity contribution in [1.82, 2.24) is 14.9 Å². The molecule has 156 valence electrons. The SMILES string of the molecule is CC(C(=O)NCC1(c2ccc3c(c2)OCCO3)CCCC1)n1cnc2ccccc21. The third-order valence-corrected chi connectivity index (χ3v) is 6.59. The Morgan fingerprint density at radius 3 is 2.73 bits per heavy atom. The van der Waals surface area contributed by atoms with Crippen molar-refractivity contribution in [2.75, 3.05) is 19.8 Å². The van der Waals surface area contributed by atoms with Gasteiger partial charge in [-0.25, -0.2) is 4.98 Å². The minimum Gasteiger partial charge on any atom is -0.486 e. The molecule has 0 bridgehead atoms. The topological polar surface area (TPSA) is 65.4 Å². The molecule has 6 nitrogen and oxygen atoms in total. The molecule has 1 saturated carbocycles. The van der Waals surface area contributed by atoms with E-state index in [2.05, 4.69) is 22.4 Å². The van der Waals surface area contributed by atoms with Crippen LogP contribution in [-0.2, 0) is 10.2 Å². The maximum atomic E-state index is 13.0. The number of aromatic nitrogens is 2. The molecule has 0 radical (unpaired) electrons. The van der Waals surface area contributed by atoms with E-state index in [1.165, 1.54) is 18.4 Å². The van der Waals surface area contributed by atoms with E-state index in [9.17, 15) is 4.79 Å². The van der Waals surface area contributed by atoms with Gasteiger partial charge in [-0.3, -0.25) is 4.79 Å². The summed E-state index contributed by atoms with van der Waals surface area (Å²) >= 11 is 0. The standard InChI is InChI=1S/C24H27N3O3/c1-17(27-16-26-19-6-2-3-7-20(19)27)23(28)25-15-24(10-4-5-11-24)18-8-9-21-22(14-18)30-13-12-29-21/h2-3,6-9,14,16-17H,4-5,10-13,15H2,1H3,(H,25,28). The summed E-state index contributed by atoms with van der Waals surface area (Å²) in [6, 6.07) is 13.8. The van der Waals surface area contributed by atoms with Crippen LogP contribution in [0, 0.1) is 0 Å². The van der Waals surface area contributed by atoms with E-state index in [0.29, 0.717) is 19.8 Å². The van der Waals surface area contributed by atoms with Gasteiger partial charge in [0.05, 0.1) is 17.4 Å². The molecular formula is C24H27N3O3. The highest BCUT2D eigenvalue weighted by Crippen LogP contribution is 2.44. The maximum Gasteiger partial charge on any atom is 0.242 e. The Hall–Kier alpha value is -3.02. The van der Waals surface area contributed by atoms with Gasteiger partial charge in [-0.15, -0.1) is 0 Å². The minimum absolute atomic E-state index is 0.0157.